The lowest BCUT2D eigenvalue weighted by Crippen LogP contribution is -2.19. The molecule has 1 N–H and O–H groups in total. The average Bonchev–Trinajstić information content (AvgIpc) is 2.47. The maximum absolute atomic E-state index is 6.00. The third-order valence-electron chi connectivity index (χ3n) is 3.39. The summed E-state index contributed by atoms with van der Waals surface area (Å²) in [5.41, 5.74) is 1.17. The SMILES string of the molecule is CCCCCCOc1c(CNCC(C)C)cccc1OC. The summed E-state index contributed by atoms with van der Waals surface area (Å²) in [4.78, 5) is 0. The van der Waals surface area contributed by atoms with Gasteiger partial charge in [-0.1, -0.05) is 52.2 Å². The predicted octanol–water partition coefficient (Wildman–Crippen LogP) is 4.40. The van der Waals surface area contributed by atoms with Crippen molar-refractivity contribution in [3.63, 3.8) is 0 Å². The third-order valence-corrected chi connectivity index (χ3v) is 3.39. The van der Waals surface area contributed by atoms with Crippen molar-refractivity contribution in [2.24, 2.45) is 5.92 Å². The molecule has 0 radical (unpaired) electrons. The summed E-state index contributed by atoms with van der Waals surface area (Å²) in [5.74, 6) is 2.37. The van der Waals surface area contributed by atoms with E-state index in [0.29, 0.717) is 5.92 Å². The van der Waals surface area contributed by atoms with Crippen LogP contribution in [0.3, 0.4) is 0 Å². The molecule has 0 spiro atoms. The normalized spacial score (nSPS) is 10.9. The molecule has 0 amide bonds. The van der Waals surface area contributed by atoms with Gasteiger partial charge in [0.2, 0.25) is 0 Å². The molecule has 0 bridgehead atoms. The fourth-order valence-corrected chi connectivity index (χ4v) is 2.22. The smallest absolute Gasteiger partial charge is 0.165 e. The number of hydrogen-bond acceptors (Lipinski definition) is 3. The van der Waals surface area contributed by atoms with Gasteiger partial charge in [0, 0.05) is 12.1 Å². The summed E-state index contributed by atoms with van der Waals surface area (Å²) < 4.78 is 11.4. The molecule has 0 aliphatic rings. The highest BCUT2D eigenvalue weighted by Gasteiger charge is 2.10. The van der Waals surface area contributed by atoms with Crippen molar-refractivity contribution in [1.82, 2.24) is 5.32 Å². The van der Waals surface area contributed by atoms with Gasteiger partial charge in [-0.15, -0.1) is 0 Å². The van der Waals surface area contributed by atoms with Gasteiger partial charge in [-0.25, -0.2) is 0 Å². The number of rotatable bonds is 11. The monoisotopic (exact) mass is 293 g/mol. The Balaban J connectivity index is 2.59. The molecule has 0 saturated heterocycles. The summed E-state index contributed by atoms with van der Waals surface area (Å²) >= 11 is 0. The molecule has 0 saturated carbocycles. The second-order valence-electron chi connectivity index (χ2n) is 5.88. The van der Waals surface area contributed by atoms with E-state index in [1.807, 2.05) is 12.1 Å². The van der Waals surface area contributed by atoms with Crippen LogP contribution in [0.25, 0.3) is 0 Å². The van der Waals surface area contributed by atoms with E-state index in [4.69, 9.17) is 9.47 Å². The van der Waals surface area contributed by atoms with Gasteiger partial charge in [0.25, 0.3) is 0 Å². The van der Waals surface area contributed by atoms with Crippen molar-refractivity contribution < 1.29 is 9.47 Å². The molecule has 120 valence electrons. The number of hydrogen-bond donors (Lipinski definition) is 1. The average molecular weight is 293 g/mol. The van der Waals surface area contributed by atoms with Crippen LogP contribution in [-0.2, 0) is 6.54 Å². The number of para-hydroxylation sites is 1. The first-order valence-electron chi connectivity index (χ1n) is 8.18. The van der Waals surface area contributed by atoms with Crippen molar-refractivity contribution in [2.75, 3.05) is 20.3 Å². The number of ether oxygens (including phenoxy) is 2. The van der Waals surface area contributed by atoms with Crippen LogP contribution in [-0.4, -0.2) is 20.3 Å². The lowest BCUT2D eigenvalue weighted by Gasteiger charge is -2.16. The maximum atomic E-state index is 6.00. The highest BCUT2D eigenvalue weighted by Crippen LogP contribution is 2.31. The van der Waals surface area contributed by atoms with Crippen LogP contribution in [0.4, 0.5) is 0 Å². The van der Waals surface area contributed by atoms with Crippen LogP contribution in [0.5, 0.6) is 11.5 Å². The Morgan fingerprint density at radius 2 is 1.95 bits per heavy atom. The summed E-state index contributed by atoms with van der Waals surface area (Å²) in [6, 6.07) is 6.10. The van der Waals surface area contributed by atoms with Crippen molar-refractivity contribution in [1.29, 1.82) is 0 Å². The van der Waals surface area contributed by atoms with Gasteiger partial charge in [-0.05, 0) is 24.9 Å². The lowest BCUT2D eigenvalue weighted by atomic mass is 10.1. The zero-order chi connectivity index (χ0) is 15.5. The highest BCUT2D eigenvalue weighted by molar-refractivity contribution is 5.46. The second kappa shape index (κ2) is 10.5. The van der Waals surface area contributed by atoms with Crippen LogP contribution in [0.2, 0.25) is 0 Å². The molecule has 3 nitrogen and oxygen atoms in total. The Morgan fingerprint density at radius 3 is 2.62 bits per heavy atom. The molecule has 0 fully saturated rings. The number of methoxy groups -OCH3 is 1. The van der Waals surface area contributed by atoms with Gasteiger partial charge in [0.05, 0.1) is 13.7 Å². The van der Waals surface area contributed by atoms with Crippen molar-refractivity contribution in [3.8, 4) is 11.5 Å². The minimum absolute atomic E-state index is 0.647. The van der Waals surface area contributed by atoms with Gasteiger partial charge in [-0.2, -0.15) is 0 Å². The first-order valence-corrected chi connectivity index (χ1v) is 8.18. The van der Waals surface area contributed by atoms with Crippen LogP contribution in [0, 0.1) is 5.92 Å². The third kappa shape index (κ3) is 6.85. The molecule has 0 aliphatic heterocycles. The molecule has 3 heteroatoms. The first-order chi connectivity index (χ1) is 10.2. The van der Waals surface area contributed by atoms with E-state index in [1.54, 1.807) is 7.11 Å². The lowest BCUT2D eigenvalue weighted by molar-refractivity contribution is 0.281. The quantitative estimate of drug-likeness (QED) is 0.613. The van der Waals surface area contributed by atoms with Gasteiger partial charge >= 0.3 is 0 Å². The van der Waals surface area contributed by atoms with Crippen molar-refractivity contribution in [2.45, 2.75) is 53.0 Å². The van der Waals surface area contributed by atoms with Crippen molar-refractivity contribution in [3.05, 3.63) is 23.8 Å². The molecule has 0 heterocycles. The van der Waals surface area contributed by atoms with Crippen LogP contribution in [0.1, 0.15) is 52.0 Å². The number of nitrogens with one attached hydrogen (secondary N) is 1. The number of unbranched alkanes of at least 4 members (excludes halogenated alkanes) is 3. The number of benzene rings is 1. The summed E-state index contributed by atoms with van der Waals surface area (Å²) in [7, 11) is 1.70. The molecule has 0 unspecified atom stereocenters. The van der Waals surface area contributed by atoms with E-state index in [0.717, 1.165) is 37.6 Å². The van der Waals surface area contributed by atoms with Crippen LogP contribution < -0.4 is 14.8 Å². The largest absolute Gasteiger partial charge is 0.493 e. The second-order valence-corrected chi connectivity index (χ2v) is 5.88. The van der Waals surface area contributed by atoms with E-state index in [2.05, 4.69) is 32.2 Å². The summed E-state index contributed by atoms with van der Waals surface area (Å²) in [6.45, 7) is 9.23. The van der Waals surface area contributed by atoms with E-state index < -0.39 is 0 Å². The van der Waals surface area contributed by atoms with E-state index in [1.165, 1.54) is 24.8 Å². The van der Waals surface area contributed by atoms with Crippen molar-refractivity contribution >= 4 is 0 Å². The molecular formula is C18H31NO2. The predicted molar refractivity (Wildman–Crippen MR) is 89.2 cm³/mol. The van der Waals surface area contributed by atoms with E-state index in [-0.39, 0.29) is 0 Å². The molecular weight excluding hydrogens is 262 g/mol. The zero-order valence-corrected chi connectivity index (χ0v) is 14.1. The van der Waals surface area contributed by atoms with E-state index >= 15 is 0 Å². The van der Waals surface area contributed by atoms with Gasteiger partial charge in [0.1, 0.15) is 0 Å². The Kier molecular flexibility index (Phi) is 8.91. The molecule has 0 atom stereocenters. The molecule has 1 rings (SSSR count). The Morgan fingerprint density at radius 1 is 1.14 bits per heavy atom. The molecule has 21 heavy (non-hydrogen) atoms. The molecule has 0 aromatic heterocycles. The van der Waals surface area contributed by atoms with Crippen LogP contribution in [0.15, 0.2) is 18.2 Å². The standard InChI is InChI=1S/C18H31NO2/c1-5-6-7-8-12-21-18-16(14-19-13-15(2)3)10-9-11-17(18)20-4/h9-11,15,19H,5-8,12-14H2,1-4H3. The fraction of sp³-hybridized carbons (Fsp3) is 0.667. The summed E-state index contributed by atoms with van der Waals surface area (Å²) in [6.07, 6.45) is 4.86. The first kappa shape index (κ1) is 17.8. The van der Waals surface area contributed by atoms with Gasteiger partial charge in [-0.3, -0.25) is 0 Å². The highest BCUT2D eigenvalue weighted by atomic mass is 16.5. The fourth-order valence-electron chi connectivity index (χ4n) is 2.22. The molecule has 1 aromatic carbocycles. The van der Waals surface area contributed by atoms with Gasteiger partial charge in [0.15, 0.2) is 11.5 Å². The summed E-state index contributed by atoms with van der Waals surface area (Å²) in [5, 5.41) is 3.47. The van der Waals surface area contributed by atoms with E-state index in [9.17, 15) is 0 Å². The molecule has 1 aromatic rings. The Labute approximate surface area is 130 Å². The minimum Gasteiger partial charge on any atom is -0.493 e. The molecule has 0 aliphatic carbocycles. The minimum atomic E-state index is 0.647. The Bertz CT molecular complexity index is 391. The van der Waals surface area contributed by atoms with Gasteiger partial charge < -0.3 is 14.8 Å². The zero-order valence-electron chi connectivity index (χ0n) is 14.1. The topological polar surface area (TPSA) is 30.5 Å². The maximum Gasteiger partial charge on any atom is 0.165 e. The Hall–Kier alpha value is -1.22. The van der Waals surface area contributed by atoms with Crippen LogP contribution >= 0.6 is 0 Å².